The molecule has 0 saturated heterocycles. The average Bonchev–Trinajstić information content (AvgIpc) is 3.00. The molecule has 0 aliphatic heterocycles. The van der Waals surface area contributed by atoms with Crippen LogP contribution in [-0.2, 0) is 5.41 Å². The van der Waals surface area contributed by atoms with Crippen LogP contribution in [0.15, 0.2) is 24.3 Å². The smallest absolute Gasteiger partial charge is 0.162 e. The van der Waals surface area contributed by atoms with Crippen LogP contribution in [0.2, 0.25) is 0 Å². The lowest BCUT2D eigenvalue weighted by Crippen LogP contribution is -2.24. The van der Waals surface area contributed by atoms with Crippen LogP contribution in [0.5, 0.6) is 11.5 Å². The lowest BCUT2D eigenvalue weighted by molar-refractivity contribution is 0.475. The van der Waals surface area contributed by atoms with Crippen LogP contribution in [0.1, 0.15) is 157 Å². The van der Waals surface area contributed by atoms with Crippen molar-refractivity contribution in [3.05, 3.63) is 35.4 Å². The van der Waals surface area contributed by atoms with E-state index < -0.39 is 5.41 Å². The van der Waals surface area contributed by atoms with Crippen molar-refractivity contribution in [2.24, 2.45) is 0 Å². The third-order valence-electron chi connectivity index (χ3n) is 9.23. The first kappa shape index (κ1) is 38.4. The van der Waals surface area contributed by atoms with Gasteiger partial charge in [-0.25, -0.2) is 0 Å². The molecule has 0 bridgehead atoms. The van der Waals surface area contributed by atoms with Gasteiger partial charge in [0, 0.05) is 29.6 Å². The molecule has 0 saturated carbocycles. The molecule has 4 atom stereocenters. The van der Waals surface area contributed by atoms with Gasteiger partial charge in [0.25, 0.3) is 0 Å². The van der Waals surface area contributed by atoms with Gasteiger partial charge in [0.15, 0.2) is 11.5 Å². The van der Waals surface area contributed by atoms with Crippen molar-refractivity contribution < 1.29 is 10.2 Å². The monoisotopic (exact) mass is 625 g/mol. The Morgan fingerprint density at radius 1 is 0.489 bits per heavy atom. The maximum absolute atomic E-state index is 11.5. The Morgan fingerprint density at radius 3 is 0.911 bits per heavy atom. The maximum atomic E-state index is 11.5. The third-order valence-corrected chi connectivity index (χ3v) is 9.23. The first-order chi connectivity index (χ1) is 21.4. The van der Waals surface area contributed by atoms with Crippen LogP contribution in [0.4, 0.5) is 22.7 Å². The Hall–Kier alpha value is -2.76. The van der Waals surface area contributed by atoms with E-state index in [0.29, 0.717) is 0 Å². The second-order valence-electron chi connectivity index (χ2n) is 14.2. The van der Waals surface area contributed by atoms with Crippen molar-refractivity contribution in [2.75, 3.05) is 21.3 Å². The minimum atomic E-state index is -0.417. The number of hydrogen-bond acceptors (Lipinski definition) is 6. The highest BCUT2D eigenvalue weighted by Gasteiger charge is 2.29. The maximum Gasteiger partial charge on any atom is 0.162 e. The van der Waals surface area contributed by atoms with Crippen molar-refractivity contribution in [1.29, 1.82) is 0 Å². The molecule has 0 spiro atoms. The number of aromatic hydroxyl groups is 2. The highest BCUT2D eigenvalue weighted by Crippen LogP contribution is 2.45. The van der Waals surface area contributed by atoms with Gasteiger partial charge in [0.05, 0.1) is 22.7 Å². The largest absolute Gasteiger partial charge is 0.504 e. The number of hydrogen-bond donors (Lipinski definition) is 6. The molecule has 0 heterocycles. The zero-order valence-corrected chi connectivity index (χ0v) is 30.5. The summed E-state index contributed by atoms with van der Waals surface area (Å²) in [5.74, 6) is 0.567. The lowest BCUT2D eigenvalue weighted by Gasteiger charge is -2.31. The summed E-state index contributed by atoms with van der Waals surface area (Å²) in [6.07, 6.45) is 13.4. The van der Waals surface area contributed by atoms with Gasteiger partial charge in [-0.15, -0.1) is 0 Å². The third kappa shape index (κ3) is 11.8. The first-order valence-corrected chi connectivity index (χ1v) is 18.2. The van der Waals surface area contributed by atoms with Crippen molar-refractivity contribution >= 4 is 22.7 Å². The fourth-order valence-corrected chi connectivity index (χ4v) is 5.99. The zero-order chi connectivity index (χ0) is 33.6. The topological polar surface area (TPSA) is 88.6 Å². The van der Waals surface area contributed by atoms with Gasteiger partial charge in [-0.2, -0.15) is 0 Å². The van der Waals surface area contributed by atoms with Crippen LogP contribution in [-0.4, -0.2) is 34.4 Å². The molecule has 2 aromatic carbocycles. The van der Waals surface area contributed by atoms with Crippen LogP contribution >= 0.6 is 0 Å². The number of rotatable bonds is 22. The summed E-state index contributed by atoms with van der Waals surface area (Å²) < 4.78 is 0. The van der Waals surface area contributed by atoms with Crippen molar-refractivity contribution in [3.63, 3.8) is 0 Å². The fourth-order valence-electron chi connectivity index (χ4n) is 5.99. The van der Waals surface area contributed by atoms with E-state index in [2.05, 4.69) is 115 Å². The molecule has 6 N–H and O–H groups in total. The van der Waals surface area contributed by atoms with E-state index in [1.54, 1.807) is 0 Å². The van der Waals surface area contributed by atoms with E-state index in [9.17, 15) is 10.2 Å². The predicted octanol–water partition coefficient (Wildman–Crippen LogP) is 11.4. The van der Waals surface area contributed by atoms with E-state index in [0.717, 1.165) is 111 Å². The molecular weight excluding hydrogens is 556 g/mol. The molecule has 0 aliphatic rings. The van der Waals surface area contributed by atoms with Crippen LogP contribution in [0.25, 0.3) is 0 Å². The Labute approximate surface area is 276 Å². The fraction of sp³-hybridized carbons (Fsp3) is 0.692. The molecule has 256 valence electrons. The highest BCUT2D eigenvalue weighted by atomic mass is 16.3. The van der Waals surface area contributed by atoms with Gasteiger partial charge >= 0.3 is 0 Å². The standard InChI is InChI=1S/C39H68N4O2/c1-11-15-19-27(5)40-33-23-31(24-34(37(33)44)41-28(6)20-16-12-2)39(9,10)32-25-35(42-29(7)21-17-13-3)38(45)36(26-32)43-30(8)22-18-14-4/h23-30,40-45H,11-22H2,1-10H3. The van der Waals surface area contributed by atoms with Gasteiger partial charge < -0.3 is 31.5 Å². The summed E-state index contributed by atoms with van der Waals surface area (Å²) in [5, 5.41) is 37.5. The predicted molar refractivity (Wildman–Crippen MR) is 199 cm³/mol. The summed E-state index contributed by atoms with van der Waals surface area (Å²) in [7, 11) is 0. The summed E-state index contributed by atoms with van der Waals surface area (Å²) in [5.41, 5.74) is 4.88. The minimum absolute atomic E-state index is 0.245. The molecule has 45 heavy (non-hydrogen) atoms. The number of phenolic OH excluding ortho intramolecular Hbond substituents is 2. The average molecular weight is 625 g/mol. The second-order valence-corrected chi connectivity index (χ2v) is 14.2. The number of unbranched alkanes of at least 4 members (excludes halogenated alkanes) is 4. The van der Waals surface area contributed by atoms with E-state index in [1.165, 1.54) is 0 Å². The van der Waals surface area contributed by atoms with Gasteiger partial charge in [0.2, 0.25) is 0 Å². The summed E-state index contributed by atoms with van der Waals surface area (Å²) in [4.78, 5) is 0. The molecule has 4 unspecified atom stereocenters. The Kier molecular flexibility index (Phi) is 16.2. The van der Waals surface area contributed by atoms with E-state index >= 15 is 0 Å². The summed E-state index contributed by atoms with van der Waals surface area (Å²) in [6, 6.07) is 9.48. The zero-order valence-electron chi connectivity index (χ0n) is 30.5. The molecule has 0 aromatic heterocycles. The Bertz CT molecular complexity index is 986. The second kappa shape index (κ2) is 19.0. The normalized spacial score (nSPS) is 14.4. The molecule has 2 aromatic rings. The Balaban J connectivity index is 2.65. The van der Waals surface area contributed by atoms with Gasteiger partial charge in [-0.05, 0) is 88.8 Å². The van der Waals surface area contributed by atoms with E-state index in [4.69, 9.17) is 0 Å². The first-order valence-electron chi connectivity index (χ1n) is 18.2. The molecule has 0 amide bonds. The molecule has 6 nitrogen and oxygen atoms in total. The molecule has 2 rings (SSSR count). The van der Waals surface area contributed by atoms with E-state index in [-0.39, 0.29) is 35.7 Å². The van der Waals surface area contributed by atoms with Gasteiger partial charge in [-0.1, -0.05) is 92.9 Å². The molecule has 0 radical (unpaired) electrons. The van der Waals surface area contributed by atoms with Crippen molar-refractivity contribution in [3.8, 4) is 11.5 Å². The highest BCUT2D eigenvalue weighted by molar-refractivity contribution is 5.76. The Morgan fingerprint density at radius 2 is 0.711 bits per heavy atom. The number of benzene rings is 2. The van der Waals surface area contributed by atoms with Gasteiger partial charge in [0.1, 0.15) is 0 Å². The van der Waals surface area contributed by atoms with Crippen molar-refractivity contribution in [2.45, 2.75) is 176 Å². The molecule has 0 fully saturated rings. The van der Waals surface area contributed by atoms with Crippen LogP contribution in [0.3, 0.4) is 0 Å². The molecular formula is C39H68N4O2. The number of anilines is 4. The minimum Gasteiger partial charge on any atom is -0.504 e. The number of nitrogens with one attached hydrogen (secondary N) is 4. The quantitative estimate of drug-likeness (QED) is 0.0731. The van der Waals surface area contributed by atoms with Crippen LogP contribution in [0, 0.1) is 0 Å². The van der Waals surface area contributed by atoms with Gasteiger partial charge in [-0.3, -0.25) is 0 Å². The van der Waals surface area contributed by atoms with Crippen molar-refractivity contribution in [1.82, 2.24) is 0 Å². The van der Waals surface area contributed by atoms with E-state index in [1.807, 2.05) is 0 Å². The molecule has 0 aliphatic carbocycles. The molecule has 6 heteroatoms. The van der Waals surface area contributed by atoms with Crippen LogP contribution < -0.4 is 21.3 Å². The lowest BCUT2D eigenvalue weighted by atomic mass is 9.77. The SMILES string of the molecule is CCCCC(C)Nc1cc(C(C)(C)c2cc(NC(C)CCCC)c(O)c(NC(C)CCCC)c2)cc(NC(C)CCCC)c1O. The summed E-state index contributed by atoms with van der Waals surface area (Å²) >= 11 is 0. The summed E-state index contributed by atoms with van der Waals surface area (Å²) in [6.45, 7) is 22.1. The number of phenols is 2.